The molecule has 0 aliphatic carbocycles. The van der Waals surface area contributed by atoms with E-state index in [0.29, 0.717) is 5.56 Å². The van der Waals surface area contributed by atoms with Crippen molar-refractivity contribution < 1.29 is 4.79 Å². The molecule has 1 aliphatic rings. The molecule has 114 valence electrons. The van der Waals surface area contributed by atoms with Crippen molar-refractivity contribution in [1.29, 1.82) is 0 Å². The van der Waals surface area contributed by atoms with Crippen molar-refractivity contribution in [2.75, 3.05) is 12.3 Å². The minimum atomic E-state index is -0.0577. The van der Waals surface area contributed by atoms with Gasteiger partial charge in [0.1, 0.15) is 0 Å². The minimum Gasteiger partial charge on any atom is -0.301 e. The zero-order valence-electron chi connectivity index (χ0n) is 12.7. The maximum atomic E-state index is 12.0. The smallest absolute Gasteiger partial charge is 0.257 e. The normalized spacial score (nSPS) is 14.0. The fraction of sp³-hybridized carbons (Fsp3) is 0.529. The second kappa shape index (κ2) is 8.88. The first kappa shape index (κ1) is 16.1. The molecule has 0 fully saturated rings. The Bertz CT molecular complexity index is 482. The number of benzene rings is 1. The van der Waals surface area contributed by atoms with E-state index in [1.807, 2.05) is 12.1 Å². The number of carbonyl (C=O) groups is 1. The van der Waals surface area contributed by atoms with Crippen LogP contribution in [-0.4, -0.2) is 23.4 Å². The van der Waals surface area contributed by atoms with Gasteiger partial charge in [0.2, 0.25) is 0 Å². The summed E-state index contributed by atoms with van der Waals surface area (Å²) in [6.45, 7) is 3.04. The average Bonchev–Trinajstić information content (AvgIpc) is 3.00. The van der Waals surface area contributed by atoms with Crippen LogP contribution >= 0.6 is 11.8 Å². The highest BCUT2D eigenvalue weighted by Crippen LogP contribution is 2.12. The Hall–Kier alpha value is -1.29. The summed E-state index contributed by atoms with van der Waals surface area (Å²) < 4.78 is 0. The van der Waals surface area contributed by atoms with Crippen LogP contribution in [0.25, 0.3) is 0 Å². The maximum Gasteiger partial charge on any atom is 0.257 e. The summed E-state index contributed by atoms with van der Waals surface area (Å²) in [5.74, 6) is 0.907. The van der Waals surface area contributed by atoms with E-state index < -0.39 is 0 Å². The molecule has 1 aromatic rings. The molecule has 0 atom stereocenters. The molecule has 0 spiro atoms. The highest BCUT2D eigenvalue weighted by atomic mass is 32.2. The summed E-state index contributed by atoms with van der Waals surface area (Å²) >= 11 is 1.60. The highest BCUT2D eigenvalue weighted by molar-refractivity contribution is 8.14. The van der Waals surface area contributed by atoms with Gasteiger partial charge in [-0.15, -0.1) is 0 Å². The molecule has 4 heteroatoms. The van der Waals surface area contributed by atoms with Crippen LogP contribution in [0.1, 0.15) is 54.9 Å². The van der Waals surface area contributed by atoms with Crippen LogP contribution in [0.3, 0.4) is 0 Å². The van der Waals surface area contributed by atoms with Gasteiger partial charge in [-0.25, -0.2) is 0 Å². The number of nitrogens with one attached hydrogen (secondary N) is 1. The number of aliphatic imine (C=N–C) groups is 1. The number of unbranched alkanes of at least 4 members (excludes halogenated alkanes) is 4. The Morgan fingerprint density at radius 2 is 1.95 bits per heavy atom. The summed E-state index contributed by atoms with van der Waals surface area (Å²) in [5, 5.41) is 3.60. The second-order valence-corrected chi connectivity index (χ2v) is 6.43. The van der Waals surface area contributed by atoms with E-state index in [0.717, 1.165) is 23.9 Å². The van der Waals surface area contributed by atoms with Crippen molar-refractivity contribution in [3.8, 4) is 0 Å². The SMILES string of the molecule is CCCCCCCc1ccc(C(=O)NC2=NCCS2)cc1. The van der Waals surface area contributed by atoms with E-state index in [4.69, 9.17) is 0 Å². The quantitative estimate of drug-likeness (QED) is 0.773. The molecule has 3 nitrogen and oxygen atoms in total. The fourth-order valence-electron chi connectivity index (χ4n) is 2.34. The molecular formula is C17H24N2OS. The predicted molar refractivity (Wildman–Crippen MR) is 91.1 cm³/mol. The summed E-state index contributed by atoms with van der Waals surface area (Å²) in [6, 6.07) is 7.96. The van der Waals surface area contributed by atoms with E-state index in [1.54, 1.807) is 11.8 Å². The lowest BCUT2D eigenvalue weighted by Gasteiger charge is -2.05. The van der Waals surface area contributed by atoms with E-state index in [1.165, 1.54) is 37.7 Å². The number of carbonyl (C=O) groups excluding carboxylic acids is 1. The molecular weight excluding hydrogens is 280 g/mol. The fourth-order valence-corrected chi connectivity index (χ4v) is 3.06. The average molecular weight is 304 g/mol. The first-order valence-corrected chi connectivity index (χ1v) is 8.85. The predicted octanol–water partition coefficient (Wildman–Crippen LogP) is 4.03. The Morgan fingerprint density at radius 1 is 1.19 bits per heavy atom. The molecule has 1 heterocycles. The number of hydrogen-bond acceptors (Lipinski definition) is 3. The summed E-state index contributed by atoms with van der Waals surface area (Å²) in [5.41, 5.74) is 2.02. The number of nitrogens with zero attached hydrogens (tertiary/aromatic N) is 1. The second-order valence-electron chi connectivity index (χ2n) is 5.35. The van der Waals surface area contributed by atoms with Crippen molar-refractivity contribution in [2.24, 2.45) is 4.99 Å². The Labute approximate surface area is 131 Å². The minimum absolute atomic E-state index is 0.0577. The lowest BCUT2D eigenvalue weighted by atomic mass is 10.0. The van der Waals surface area contributed by atoms with Crippen molar-refractivity contribution in [3.05, 3.63) is 35.4 Å². The van der Waals surface area contributed by atoms with Crippen molar-refractivity contribution in [1.82, 2.24) is 5.32 Å². The molecule has 1 amide bonds. The molecule has 0 unspecified atom stereocenters. The van der Waals surface area contributed by atoms with E-state index >= 15 is 0 Å². The van der Waals surface area contributed by atoms with Gasteiger partial charge in [-0.1, -0.05) is 56.5 Å². The van der Waals surface area contributed by atoms with Crippen LogP contribution in [0, 0.1) is 0 Å². The maximum absolute atomic E-state index is 12.0. The summed E-state index contributed by atoms with van der Waals surface area (Å²) in [6.07, 6.45) is 7.59. The Balaban J connectivity index is 1.76. The Kier molecular flexibility index (Phi) is 6.80. The Morgan fingerprint density at radius 3 is 2.62 bits per heavy atom. The topological polar surface area (TPSA) is 41.5 Å². The van der Waals surface area contributed by atoms with E-state index in [-0.39, 0.29) is 5.91 Å². The van der Waals surface area contributed by atoms with Crippen LogP contribution < -0.4 is 5.32 Å². The number of aryl methyl sites for hydroxylation is 1. The largest absolute Gasteiger partial charge is 0.301 e. The highest BCUT2D eigenvalue weighted by Gasteiger charge is 2.12. The van der Waals surface area contributed by atoms with Gasteiger partial charge in [-0.3, -0.25) is 9.79 Å². The first-order chi connectivity index (χ1) is 10.3. The molecule has 0 saturated carbocycles. The number of rotatable bonds is 7. The molecule has 21 heavy (non-hydrogen) atoms. The lowest BCUT2D eigenvalue weighted by Crippen LogP contribution is -2.27. The van der Waals surface area contributed by atoms with Gasteiger partial charge in [0.05, 0.1) is 6.54 Å². The molecule has 0 saturated heterocycles. The zero-order valence-corrected chi connectivity index (χ0v) is 13.5. The van der Waals surface area contributed by atoms with Crippen LogP contribution in [0.2, 0.25) is 0 Å². The number of amides is 1. The number of amidine groups is 1. The van der Waals surface area contributed by atoms with Gasteiger partial charge < -0.3 is 5.32 Å². The molecule has 0 aromatic heterocycles. The molecule has 0 radical (unpaired) electrons. The van der Waals surface area contributed by atoms with Gasteiger partial charge in [-0.05, 0) is 30.5 Å². The van der Waals surface area contributed by atoms with Crippen molar-refractivity contribution in [3.63, 3.8) is 0 Å². The van der Waals surface area contributed by atoms with Crippen molar-refractivity contribution >= 4 is 22.8 Å². The number of hydrogen-bond donors (Lipinski definition) is 1. The molecule has 0 bridgehead atoms. The molecule has 1 aromatic carbocycles. The standard InChI is InChI=1S/C17H24N2OS/c1-2-3-4-5-6-7-14-8-10-15(11-9-14)16(20)19-17-18-12-13-21-17/h8-11H,2-7,12-13H2,1H3,(H,18,19,20). The summed E-state index contributed by atoms with van der Waals surface area (Å²) in [7, 11) is 0. The van der Waals surface area contributed by atoms with Gasteiger partial charge >= 0.3 is 0 Å². The van der Waals surface area contributed by atoms with Gasteiger partial charge in [-0.2, -0.15) is 0 Å². The molecule has 2 rings (SSSR count). The van der Waals surface area contributed by atoms with Crippen LogP contribution in [-0.2, 0) is 6.42 Å². The monoisotopic (exact) mass is 304 g/mol. The third kappa shape index (κ3) is 5.54. The number of thioether (sulfide) groups is 1. The van der Waals surface area contributed by atoms with Gasteiger partial charge in [0.25, 0.3) is 5.91 Å². The molecule has 1 aliphatic heterocycles. The zero-order chi connectivity index (χ0) is 14.9. The molecule has 1 N–H and O–H groups in total. The van der Waals surface area contributed by atoms with Crippen LogP contribution in [0.5, 0.6) is 0 Å². The first-order valence-electron chi connectivity index (χ1n) is 7.87. The van der Waals surface area contributed by atoms with Crippen LogP contribution in [0.4, 0.5) is 0 Å². The third-order valence-corrected chi connectivity index (χ3v) is 4.48. The van der Waals surface area contributed by atoms with E-state index in [9.17, 15) is 4.79 Å². The van der Waals surface area contributed by atoms with Gasteiger partial charge in [0, 0.05) is 11.3 Å². The third-order valence-electron chi connectivity index (χ3n) is 3.59. The lowest BCUT2D eigenvalue weighted by molar-refractivity contribution is 0.0978. The van der Waals surface area contributed by atoms with Gasteiger partial charge in [0.15, 0.2) is 5.17 Å². The van der Waals surface area contributed by atoms with E-state index in [2.05, 4.69) is 29.4 Å². The summed E-state index contributed by atoms with van der Waals surface area (Å²) in [4.78, 5) is 16.3. The van der Waals surface area contributed by atoms with Crippen molar-refractivity contribution in [2.45, 2.75) is 45.4 Å². The van der Waals surface area contributed by atoms with Crippen LogP contribution in [0.15, 0.2) is 29.3 Å².